The Kier molecular flexibility index (Phi) is 5.34. The summed E-state index contributed by atoms with van der Waals surface area (Å²) in [7, 11) is 1.85. The van der Waals surface area contributed by atoms with Crippen molar-refractivity contribution in [3.63, 3.8) is 0 Å². The molecule has 0 amide bonds. The first-order valence-electron chi connectivity index (χ1n) is 9.58. The van der Waals surface area contributed by atoms with Crippen molar-refractivity contribution in [2.45, 2.75) is 4.90 Å². The van der Waals surface area contributed by atoms with Crippen LogP contribution in [0.4, 0.5) is 11.6 Å². The Bertz CT molecular complexity index is 1170. The number of fused-ring (bicyclic) bond motifs is 1. The number of nitrogens with one attached hydrogen (secondary N) is 2. The third-order valence-electron chi connectivity index (χ3n) is 4.89. The molecular weight excluding hydrogens is 422 g/mol. The highest BCUT2D eigenvalue weighted by atomic mass is 35.5. The van der Waals surface area contributed by atoms with Crippen LogP contribution in [-0.4, -0.2) is 55.6 Å². The molecule has 0 bridgehead atoms. The second kappa shape index (κ2) is 8.27. The average Bonchev–Trinajstić information content (AvgIpc) is 3.39. The average molecular weight is 442 g/mol. The summed E-state index contributed by atoms with van der Waals surface area (Å²) < 4.78 is 9.43. The summed E-state index contributed by atoms with van der Waals surface area (Å²) in [5.41, 5.74) is 2.60. The molecule has 154 valence electrons. The third kappa shape index (κ3) is 3.89. The van der Waals surface area contributed by atoms with E-state index in [4.69, 9.17) is 16.3 Å². The number of aryl methyl sites for hydroxylation is 1. The smallest absolute Gasteiger partial charge is 0.225 e. The van der Waals surface area contributed by atoms with Crippen molar-refractivity contribution in [3.05, 3.63) is 47.6 Å². The number of benzene rings is 2. The second-order valence-electron chi connectivity index (χ2n) is 6.92. The summed E-state index contributed by atoms with van der Waals surface area (Å²) in [6, 6.07) is 12.1. The van der Waals surface area contributed by atoms with Gasteiger partial charge in [-0.1, -0.05) is 11.6 Å². The van der Waals surface area contributed by atoms with E-state index in [9.17, 15) is 0 Å². The largest absolute Gasteiger partial charge is 0.379 e. The Labute approximate surface area is 182 Å². The molecule has 30 heavy (non-hydrogen) atoms. The highest BCUT2D eigenvalue weighted by Crippen LogP contribution is 2.32. The fourth-order valence-electron chi connectivity index (χ4n) is 3.27. The molecule has 4 aromatic rings. The van der Waals surface area contributed by atoms with Gasteiger partial charge in [0.15, 0.2) is 5.82 Å². The molecule has 2 aromatic carbocycles. The fraction of sp³-hybridized carbons (Fsp3) is 0.250. The van der Waals surface area contributed by atoms with Gasteiger partial charge in [0.05, 0.1) is 35.6 Å². The van der Waals surface area contributed by atoms with Crippen molar-refractivity contribution in [2.75, 3.05) is 31.6 Å². The van der Waals surface area contributed by atoms with Gasteiger partial charge in [-0.2, -0.15) is 10.1 Å². The number of hydrogen-bond acceptors (Lipinski definition) is 7. The molecule has 0 radical (unpaired) electrons. The summed E-state index contributed by atoms with van der Waals surface area (Å²) in [4.78, 5) is 5.84. The minimum absolute atomic E-state index is 0.593. The number of rotatable bonds is 5. The van der Waals surface area contributed by atoms with Gasteiger partial charge in [-0.25, -0.2) is 8.99 Å². The van der Waals surface area contributed by atoms with Gasteiger partial charge in [0.2, 0.25) is 5.95 Å². The van der Waals surface area contributed by atoms with Crippen molar-refractivity contribution in [1.29, 1.82) is 0 Å². The molecule has 2 N–H and O–H groups in total. The van der Waals surface area contributed by atoms with Gasteiger partial charge < -0.3 is 10.1 Å². The van der Waals surface area contributed by atoms with Gasteiger partial charge in [-0.3, -0.25) is 5.10 Å². The van der Waals surface area contributed by atoms with E-state index in [2.05, 4.69) is 42.0 Å². The first-order valence-corrected chi connectivity index (χ1v) is 10.7. The van der Waals surface area contributed by atoms with Crippen LogP contribution in [0, 0.1) is 0 Å². The van der Waals surface area contributed by atoms with Crippen LogP contribution in [-0.2, 0) is 11.8 Å². The van der Waals surface area contributed by atoms with Crippen molar-refractivity contribution in [2.24, 2.45) is 7.05 Å². The number of anilines is 2. The van der Waals surface area contributed by atoms with Gasteiger partial charge in [0.1, 0.15) is 0 Å². The van der Waals surface area contributed by atoms with Crippen molar-refractivity contribution >= 4 is 46.1 Å². The number of H-pyrrole nitrogens is 1. The van der Waals surface area contributed by atoms with Crippen LogP contribution in [0.25, 0.3) is 22.3 Å². The first-order chi connectivity index (χ1) is 14.7. The Hall–Kier alpha value is -2.59. The molecule has 8 nitrogen and oxygen atoms in total. The zero-order valence-corrected chi connectivity index (χ0v) is 17.9. The second-order valence-corrected chi connectivity index (χ2v) is 8.47. The van der Waals surface area contributed by atoms with Crippen LogP contribution >= 0.6 is 23.5 Å². The Morgan fingerprint density at radius 3 is 2.73 bits per heavy atom. The quantitative estimate of drug-likeness (QED) is 0.451. The Morgan fingerprint density at radius 1 is 1.13 bits per heavy atom. The van der Waals surface area contributed by atoms with Crippen LogP contribution in [0.3, 0.4) is 0 Å². The van der Waals surface area contributed by atoms with Gasteiger partial charge in [0, 0.05) is 36.0 Å². The molecule has 1 saturated heterocycles. The Balaban J connectivity index is 1.33. The van der Waals surface area contributed by atoms with E-state index in [-0.39, 0.29) is 0 Å². The normalized spacial score (nSPS) is 15.0. The van der Waals surface area contributed by atoms with E-state index in [1.54, 1.807) is 22.8 Å². The van der Waals surface area contributed by atoms with Crippen LogP contribution in [0.15, 0.2) is 47.5 Å². The summed E-state index contributed by atoms with van der Waals surface area (Å²) in [5.74, 6) is 1.27. The van der Waals surface area contributed by atoms with E-state index < -0.39 is 0 Å². The molecule has 0 unspecified atom stereocenters. The molecule has 0 atom stereocenters. The standard InChI is InChI=1S/C20H20ClN7OS/c1-27-20(23-17-7-6-16-15(18(17)21)12-22-25-16)24-19(26-27)13-2-4-14(5-3-13)30-28-8-10-29-11-9-28/h2-7,12H,8-11H2,1H3,(H,22,25)(H,23,24,26). The number of nitrogens with zero attached hydrogens (tertiary/aromatic N) is 5. The van der Waals surface area contributed by atoms with E-state index in [0.717, 1.165) is 48.5 Å². The lowest BCUT2D eigenvalue weighted by atomic mass is 10.2. The van der Waals surface area contributed by atoms with E-state index >= 15 is 0 Å². The minimum atomic E-state index is 0.593. The predicted octanol–water partition coefficient (Wildman–Crippen LogP) is 4.09. The van der Waals surface area contributed by atoms with Gasteiger partial charge in [-0.15, -0.1) is 5.10 Å². The number of ether oxygens (including phenoxy) is 1. The van der Waals surface area contributed by atoms with Gasteiger partial charge >= 0.3 is 0 Å². The number of hydrogen-bond donors (Lipinski definition) is 2. The minimum Gasteiger partial charge on any atom is -0.379 e. The maximum absolute atomic E-state index is 6.51. The molecule has 0 spiro atoms. The lowest BCUT2D eigenvalue weighted by Gasteiger charge is -2.25. The highest BCUT2D eigenvalue weighted by molar-refractivity contribution is 7.97. The summed E-state index contributed by atoms with van der Waals surface area (Å²) in [5, 5.41) is 16.2. The zero-order valence-electron chi connectivity index (χ0n) is 16.3. The van der Waals surface area contributed by atoms with Crippen LogP contribution in [0.2, 0.25) is 5.02 Å². The molecule has 2 aromatic heterocycles. The van der Waals surface area contributed by atoms with E-state index in [1.165, 1.54) is 4.90 Å². The van der Waals surface area contributed by atoms with Crippen molar-refractivity contribution < 1.29 is 4.74 Å². The maximum Gasteiger partial charge on any atom is 0.225 e. The predicted molar refractivity (Wildman–Crippen MR) is 119 cm³/mol. The summed E-state index contributed by atoms with van der Waals surface area (Å²) in [6.07, 6.45) is 1.71. The molecule has 0 aliphatic carbocycles. The molecule has 0 saturated carbocycles. The molecule has 5 rings (SSSR count). The van der Waals surface area contributed by atoms with Gasteiger partial charge in [-0.05, 0) is 48.3 Å². The SMILES string of the molecule is Cn1nc(-c2ccc(SN3CCOCC3)cc2)nc1Nc1ccc2[nH]ncc2c1Cl. The van der Waals surface area contributed by atoms with E-state index in [0.29, 0.717) is 16.8 Å². The van der Waals surface area contributed by atoms with Crippen LogP contribution in [0.5, 0.6) is 0 Å². The van der Waals surface area contributed by atoms with Crippen molar-refractivity contribution in [1.82, 2.24) is 29.3 Å². The molecular formula is C20H20ClN7OS. The molecule has 1 fully saturated rings. The maximum atomic E-state index is 6.51. The molecule has 10 heteroatoms. The molecule has 1 aliphatic rings. The Morgan fingerprint density at radius 2 is 1.93 bits per heavy atom. The lowest BCUT2D eigenvalue weighted by molar-refractivity contribution is 0.0773. The number of halogens is 1. The molecule has 3 heterocycles. The third-order valence-corrected chi connectivity index (χ3v) is 6.40. The van der Waals surface area contributed by atoms with Crippen LogP contribution in [0.1, 0.15) is 0 Å². The summed E-state index contributed by atoms with van der Waals surface area (Å²) in [6.45, 7) is 3.46. The van der Waals surface area contributed by atoms with Gasteiger partial charge in [0.25, 0.3) is 0 Å². The van der Waals surface area contributed by atoms with Crippen LogP contribution < -0.4 is 5.32 Å². The number of aromatic nitrogens is 5. The fourth-order valence-corrected chi connectivity index (χ4v) is 4.42. The van der Waals surface area contributed by atoms with E-state index in [1.807, 2.05) is 31.3 Å². The zero-order chi connectivity index (χ0) is 20.5. The monoisotopic (exact) mass is 441 g/mol. The molecule has 1 aliphatic heterocycles. The number of morpholine rings is 1. The summed E-state index contributed by atoms with van der Waals surface area (Å²) >= 11 is 8.27. The van der Waals surface area contributed by atoms with Crippen molar-refractivity contribution in [3.8, 4) is 11.4 Å². The first kappa shape index (κ1) is 19.4. The lowest BCUT2D eigenvalue weighted by Crippen LogP contribution is -2.30. The topological polar surface area (TPSA) is 83.9 Å². The number of aromatic amines is 1. The highest BCUT2D eigenvalue weighted by Gasteiger charge is 2.14.